The van der Waals surface area contributed by atoms with Crippen LogP contribution in [-0.4, -0.2) is 5.91 Å². The number of carbonyl (C=O) groups is 1. The number of carbonyl (C=O) groups excluding carboxylic acids is 1. The summed E-state index contributed by atoms with van der Waals surface area (Å²) in [5.74, 6) is -0.541. The summed E-state index contributed by atoms with van der Waals surface area (Å²) in [5, 5.41) is 4.19. The zero-order chi connectivity index (χ0) is 14.7. The van der Waals surface area contributed by atoms with Gasteiger partial charge in [0, 0.05) is 16.7 Å². The maximum absolute atomic E-state index is 11.1. The molecule has 0 aliphatic rings. The van der Waals surface area contributed by atoms with Crippen molar-refractivity contribution in [3.8, 4) is 0 Å². The number of hydrogen-bond acceptors (Lipinski definition) is 2. The first kappa shape index (κ1) is 15.2. The van der Waals surface area contributed by atoms with Crippen molar-refractivity contribution in [3.05, 3.63) is 62.0 Å². The zero-order valence-electron chi connectivity index (χ0n) is 10.3. The molecule has 0 saturated heterocycles. The van der Waals surface area contributed by atoms with E-state index in [1.807, 2.05) is 18.2 Å². The number of benzene rings is 2. The number of primary amides is 1. The molecule has 3 N–H and O–H groups in total. The van der Waals surface area contributed by atoms with Crippen molar-refractivity contribution in [2.75, 3.05) is 5.32 Å². The molecular formula is C14H11BrCl2N2O. The van der Waals surface area contributed by atoms with Crippen molar-refractivity contribution >= 4 is 50.7 Å². The third kappa shape index (κ3) is 3.66. The van der Waals surface area contributed by atoms with E-state index >= 15 is 0 Å². The van der Waals surface area contributed by atoms with Gasteiger partial charge >= 0.3 is 0 Å². The molecule has 20 heavy (non-hydrogen) atoms. The van der Waals surface area contributed by atoms with E-state index in [4.69, 9.17) is 28.9 Å². The van der Waals surface area contributed by atoms with Crippen LogP contribution in [0.15, 0.2) is 40.9 Å². The zero-order valence-corrected chi connectivity index (χ0v) is 13.4. The van der Waals surface area contributed by atoms with Crippen molar-refractivity contribution in [3.63, 3.8) is 0 Å². The summed E-state index contributed by atoms with van der Waals surface area (Å²) >= 11 is 15.4. The van der Waals surface area contributed by atoms with E-state index in [1.165, 1.54) is 0 Å². The van der Waals surface area contributed by atoms with E-state index in [1.54, 1.807) is 18.2 Å². The third-order valence-corrected chi connectivity index (χ3v) is 4.26. The van der Waals surface area contributed by atoms with E-state index in [9.17, 15) is 4.79 Å². The molecular weight excluding hydrogens is 363 g/mol. The molecule has 2 aromatic rings. The Labute approximate surface area is 135 Å². The van der Waals surface area contributed by atoms with Crippen molar-refractivity contribution in [2.24, 2.45) is 5.73 Å². The quantitative estimate of drug-likeness (QED) is 0.830. The van der Waals surface area contributed by atoms with E-state index in [-0.39, 0.29) is 0 Å². The highest BCUT2D eigenvalue weighted by Gasteiger charge is 2.07. The Morgan fingerprint density at radius 1 is 1.15 bits per heavy atom. The third-order valence-electron chi connectivity index (χ3n) is 2.72. The van der Waals surface area contributed by atoms with Crippen LogP contribution in [0.5, 0.6) is 0 Å². The van der Waals surface area contributed by atoms with Crippen molar-refractivity contribution in [1.82, 2.24) is 0 Å². The number of amides is 1. The van der Waals surface area contributed by atoms with Gasteiger partial charge in [0.2, 0.25) is 5.91 Å². The van der Waals surface area contributed by atoms with Crippen LogP contribution in [-0.2, 0) is 6.54 Å². The molecule has 104 valence electrons. The Morgan fingerprint density at radius 3 is 2.50 bits per heavy atom. The van der Waals surface area contributed by atoms with Gasteiger partial charge in [-0.3, -0.25) is 4.79 Å². The molecule has 0 saturated carbocycles. The molecule has 0 atom stereocenters. The van der Waals surface area contributed by atoms with Crippen LogP contribution in [0.25, 0.3) is 0 Å². The normalized spacial score (nSPS) is 10.3. The second-order valence-corrected chi connectivity index (χ2v) is 5.83. The Morgan fingerprint density at radius 2 is 1.90 bits per heavy atom. The molecule has 6 heteroatoms. The SMILES string of the molecule is NC(=O)c1ccc(NCc2ccc(Br)c(Cl)c2)cc1Cl. The van der Waals surface area contributed by atoms with Gasteiger partial charge in [0.05, 0.1) is 15.6 Å². The van der Waals surface area contributed by atoms with E-state index in [0.717, 1.165) is 15.7 Å². The van der Waals surface area contributed by atoms with Gasteiger partial charge in [0.1, 0.15) is 0 Å². The highest BCUT2D eigenvalue weighted by atomic mass is 79.9. The Bertz CT molecular complexity index is 662. The summed E-state index contributed by atoms with van der Waals surface area (Å²) in [5.41, 5.74) is 7.35. The van der Waals surface area contributed by atoms with Gasteiger partial charge in [0.25, 0.3) is 0 Å². The molecule has 2 rings (SSSR count). The summed E-state index contributed by atoms with van der Waals surface area (Å²) in [6.07, 6.45) is 0. The largest absolute Gasteiger partial charge is 0.381 e. The summed E-state index contributed by atoms with van der Waals surface area (Å²) in [6.45, 7) is 0.596. The number of nitrogens with one attached hydrogen (secondary N) is 1. The molecule has 0 aromatic heterocycles. The van der Waals surface area contributed by atoms with Crippen LogP contribution in [0, 0.1) is 0 Å². The van der Waals surface area contributed by atoms with Crippen LogP contribution in [0.3, 0.4) is 0 Å². The number of hydrogen-bond donors (Lipinski definition) is 2. The van der Waals surface area contributed by atoms with Crippen LogP contribution >= 0.6 is 39.1 Å². The second-order valence-electron chi connectivity index (χ2n) is 4.16. The molecule has 0 heterocycles. The summed E-state index contributed by atoms with van der Waals surface area (Å²) in [7, 11) is 0. The van der Waals surface area contributed by atoms with E-state index < -0.39 is 5.91 Å². The van der Waals surface area contributed by atoms with Crippen LogP contribution in [0.1, 0.15) is 15.9 Å². The van der Waals surface area contributed by atoms with Crippen LogP contribution in [0.2, 0.25) is 10.0 Å². The topological polar surface area (TPSA) is 55.1 Å². The molecule has 0 spiro atoms. The molecule has 2 aromatic carbocycles. The van der Waals surface area contributed by atoms with Gasteiger partial charge in [-0.1, -0.05) is 29.3 Å². The number of halogens is 3. The van der Waals surface area contributed by atoms with Crippen molar-refractivity contribution in [1.29, 1.82) is 0 Å². The standard InChI is InChI=1S/C14H11BrCl2N2O/c15-11-4-1-8(5-13(11)17)7-19-9-2-3-10(14(18)20)12(16)6-9/h1-6,19H,7H2,(H2,18,20). The molecule has 0 unspecified atom stereocenters. The Balaban J connectivity index is 2.09. The minimum Gasteiger partial charge on any atom is -0.381 e. The monoisotopic (exact) mass is 372 g/mol. The fourth-order valence-corrected chi connectivity index (χ4v) is 2.40. The Kier molecular flexibility index (Phi) is 4.91. The lowest BCUT2D eigenvalue weighted by Crippen LogP contribution is -2.11. The molecule has 0 fully saturated rings. The minimum atomic E-state index is -0.541. The number of rotatable bonds is 4. The maximum atomic E-state index is 11.1. The minimum absolute atomic E-state index is 0.309. The molecule has 0 radical (unpaired) electrons. The molecule has 0 aliphatic heterocycles. The molecule has 0 bridgehead atoms. The first-order valence-corrected chi connectivity index (χ1v) is 7.29. The van der Waals surface area contributed by atoms with Gasteiger partial charge in [-0.25, -0.2) is 0 Å². The predicted molar refractivity (Wildman–Crippen MR) is 86.4 cm³/mol. The maximum Gasteiger partial charge on any atom is 0.250 e. The van der Waals surface area contributed by atoms with Gasteiger partial charge in [-0.15, -0.1) is 0 Å². The second kappa shape index (κ2) is 6.48. The highest BCUT2D eigenvalue weighted by Crippen LogP contribution is 2.24. The lowest BCUT2D eigenvalue weighted by molar-refractivity contribution is 0.100. The van der Waals surface area contributed by atoms with Crippen LogP contribution in [0.4, 0.5) is 5.69 Å². The fraction of sp³-hybridized carbons (Fsp3) is 0.0714. The first-order chi connectivity index (χ1) is 9.47. The fourth-order valence-electron chi connectivity index (χ4n) is 1.68. The van der Waals surface area contributed by atoms with Gasteiger partial charge in [0.15, 0.2) is 0 Å². The van der Waals surface area contributed by atoms with Gasteiger partial charge in [-0.05, 0) is 51.8 Å². The van der Waals surface area contributed by atoms with Crippen molar-refractivity contribution in [2.45, 2.75) is 6.54 Å². The van der Waals surface area contributed by atoms with Crippen LogP contribution < -0.4 is 11.1 Å². The summed E-state index contributed by atoms with van der Waals surface area (Å²) in [6, 6.07) is 10.7. The summed E-state index contributed by atoms with van der Waals surface area (Å²) < 4.78 is 0.858. The number of nitrogens with two attached hydrogens (primary N) is 1. The van der Waals surface area contributed by atoms with Gasteiger partial charge in [-0.2, -0.15) is 0 Å². The van der Waals surface area contributed by atoms with Crippen molar-refractivity contribution < 1.29 is 4.79 Å². The summed E-state index contributed by atoms with van der Waals surface area (Å²) in [4.78, 5) is 11.1. The highest BCUT2D eigenvalue weighted by molar-refractivity contribution is 9.10. The molecule has 1 amide bonds. The molecule has 0 aliphatic carbocycles. The Hall–Kier alpha value is -1.23. The van der Waals surface area contributed by atoms with E-state index in [2.05, 4.69) is 21.2 Å². The first-order valence-electron chi connectivity index (χ1n) is 5.74. The average molecular weight is 374 g/mol. The lowest BCUT2D eigenvalue weighted by Gasteiger charge is -2.09. The predicted octanol–water partition coefficient (Wildman–Crippen LogP) is 4.47. The molecule has 3 nitrogen and oxygen atoms in total. The smallest absolute Gasteiger partial charge is 0.250 e. The van der Waals surface area contributed by atoms with E-state index in [0.29, 0.717) is 22.2 Å². The number of anilines is 1. The van der Waals surface area contributed by atoms with Gasteiger partial charge < -0.3 is 11.1 Å². The lowest BCUT2D eigenvalue weighted by atomic mass is 10.2. The average Bonchev–Trinajstić information content (AvgIpc) is 2.40.